The number of aromatic nitrogens is 2. The molecule has 1 aromatic rings. The van der Waals surface area contributed by atoms with E-state index in [0.717, 1.165) is 19.0 Å². The van der Waals surface area contributed by atoms with Gasteiger partial charge in [-0.3, -0.25) is 0 Å². The van der Waals surface area contributed by atoms with Crippen LogP contribution in [0, 0.1) is 5.92 Å². The van der Waals surface area contributed by atoms with E-state index >= 15 is 0 Å². The lowest BCUT2D eigenvalue weighted by molar-refractivity contribution is 0.0869. The van der Waals surface area contributed by atoms with Crippen LogP contribution < -0.4 is 5.32 Å². The zero-order valence-electron chi connectivity index (χ0n) is 10.7. The predicted molar refractivity (Wildman–Crippen MR) is 66.6 cm³/mol. The van der Waals surface area contributed by atoms with E-state index in [1.807, 2.05) is 26.2 Å². The molecule has 0 saturated heterocycles. The molecule has 0 atom stereocenters. The van der Waals surface area contributed by atoms with Crippen LogP contribution >= 0.6 is 0 Å². The SMILES string of the molecule is CC(C)Cn1ccnc1NCCOC(C)C. The number of ether oxygens (including phenoxy) is 1. The van der Waals surface area contributed by atoms with Crippen molar-refractivity contribution in [1.82, 2.24) is 9.55 Å². The fraction of sp³-hybridized carbons (Fsp3) is 0.750. The highest BCUT2D eigenvalue weighted by atomic mass is 16.5. The Balaban J connectivity index is 2.33. The Morgan fingerprint density at radius 3 is 2.75 bits per heavy atom. The smallest absolute Gasteiger partial charge is 0.202 e. The molecule has 16 heavy (non-hydrogen) atoms. The van der Waals surface area contributed by atoms with Crippen molar-refractivity contribution < 1.29 is 4.74 Å². The van der Waals surface area contributed by atoms with Crippen LogP contribution in [0.4, 0.5) is 5.95 Å². The van der Waals surface area contributed by atoms with Crippen LogP contribution in [-0.2, 0) is 11.3 Å². The summed E-state index contributed by atoms with van der Waals surface area (Å²) in [6.45, 7) is 11.0. The van der Waals surface area contributed by atoms with Crippen molar-refractivity contribution in [3.05, 3.63) is 12.4 Å². The fourth-order valence-corrected chi connectivity index (χ4v) is 1.47. The second-order valence-electron chi connectivity index (χ2n) is 4.64. The Labute approximate surface area is 98.0 Å². The summed E-state index contributed by atoms with van der Waals surface area (Å²) in [6, 6.07) is 0. The van der Waals surface area contributed by atoms with Gasteiger partial charge < -0.3 is 14.6 Å². The van der Waals surface area contributed by atoms with Crippen molar-refractivity contribution >= 4 is 5.95 Å². The number of hydrogen-bond acceptors (Lipinski definition) is 3. The fourth-order valence-electron chi connectivity index (χ4n) is 1.47. The molecule has 0 radical (unpaired) electrons. The van der Waals surface area contributed by atoms with Crippen molar-refractivity contribution in [2.75, 3.05) is 18.5 Å². The van der Waals surface area contributed by atoms with Crippen molar-refractivity contribution in [3.63, 3.8) is 0 Å². The Morgan fingerprint density at radius 2 is 2.12 bits per heavy atom. The first kappa shape index (κ1) is 13.0. The molecule has 1 N–H and O–H groups in total. The molecule has 0 aliphatic carbocycles. The summed E-state index contributed by atoms with van der Waals surface area (Å²) in [4.78, 5) is 4.28. The lowest BCUT2D eigenvalue weighted by Crippen LogP contribution is -2.16. The average Bonchev–Trinajstić information content (AvgIpc) is 2.59. The Morgan fingerprint density at radius 1 is 1.38 bits per heavy atom. The van der Waals surface area contributed by atoms with Gasteiger partial charge in [-0.1, -0.05) is 13.8 Å². The molecular formula is C12H23N3O. The largest absolute Gasteiger partial charge is 0.377 e. The highest BCUT2D eigenvalue weighted by molar-refractivity contribution is 5.25. The molecule has 0 aliphatic heterocycles. The number of nitrogens with one attached hydrogen (secondary N) is 1. The minimum Gasteiger partial charge on any atom is -0.377 e. The van der Waals surface area contributed by atoms with Gasteiger partial charge in [0.15, 0.2) is 0 Å². The quantitative estimate of drug-likeness (QED) is 0.724. The molecule has 0 unspecified atom stereocenters. The van der Waals surface area contributed by atoms with E-state index in [9.17, 15) is 0 Å². The number of nitrogens with zero attached hydrogens (tertiary/aromatic N) is 2. The summed E-state index contributed by atoms with van der Waals surface area (Å²) in [5.74, 6) is 1.56. The van der Waals surface area contributed by atoms with Gasteiger partial charge in [-0.15, -0.1) is 0 Å². The summed E-state index contributed by atoms with van der Waals surface area (Å²) in [7, 11) is 0. The third-order valence-corrected chi connectivity index (χ3v) is 2.11. The normalized spacial score (nSPS) is 11.4. The summed E-state index contributed by atoms with van der Waals surface area (Å²) in [6.07, 6.45) is 4.12. The van der Waals surface area contributed by atoms with E-state index in [1.54, 1.807) is 0 Å². The molecule has 1 aromatic heterocycles. The molecule has 92 valence electrons. The first-order valence-electron chi connectivity index (χ1n) is 5.96. The van der Waals surface area contributed by atoms with Crippen molar-refractivity contribution in [2.24, 2.45) is 5.92 Å². The van der Waals surface area contributed by atoms with Crippen molar-refractivity contribution in [1.29, 1.82) is 0 Å². The minimum absolute atomic E-state index is 0.289. The summed E-state index contributed by atoms with van der Waals surface area (Å²) < 4.78 is 7.60. The van der Waals surface area contributed by atoms with Gasteiger partial charge in [0.2, 0.25) is 5.95 Å². The van der Waals surface area contributed by atoms with E-state index in [2.05, 4.69) is 28.7 Å². The second kappa shape index (κ2) is 6.53. The van der Waals surface area contributed by atoms with Crippen LogP contribution in [0.15, 0.2) is 12.4 Å². The highest BCUT2D eigenvalue weighted by Crippen LogP contribution is 2.07. The van der Waals surface area contributed by atoms with Crippen LogP contribution in [0.25, 0.3) is 0 Å². The first-order valence-corrected chi connectivity index (χ1v) is 5.96. The third kappa shape index (κ3) is 4.66. The van der Waals surface area contributed by atoms with Gasteiger partial charge >= 0.3 is 0 Å². The van der Waals surface area contributed by atoms with Crippen LogP contribution in [-0.4, -0.2) is 28.8 Å². The summed E-state index contributed by atoms with van der Waals surface area (Å²) in [5.41, 5.74) is 0. The van der Waals surface area contributed by atoms with Crippen molar-refractivity contribution in [2.45, 2.75) is 40.3 Å². The maximum atomic E-state index is 5.46. The number of imidazole rings is 1. The van der Waals surface area contributed by atoms with E-state index in [1.165, 1.54) is 0 Å². The Kier molecular flexibility index (Phi) is 5.32. The maximum Gasteiger partial charge on any atom is 0.202 e. The maximum absolute atomic E-state index is 5.46. The number of rotatable bonds is 7. The first-order chi connectivity index (χ1) is 7.59. The molecule has 0 saturated carbocycles. The number of anilines is 1. The van der Waals surface area contributed by atoms with Gasteiger partial charge in [0.05, 0.1) is 12.7 Å². The molecule has 0 aromatic carbocycles. The minimum atomic E-state index is 0.289. The second-order valence-corrected chi connectivity index (χ2v) is 4.64. The van der Waals surface area contributed by atoms with Crippen LogP contribution in [0.1, 0.15) is 27.7 Å². The lowest BCUT2D eigenvalue weighted by Gasteiger charge is -2.12. The molecule has 0 aliphatic rings. The molecule has 0 fully saturated rings. The van der Waals surface area contributed by atoms with Crippen LogP contribution in [0.3, 0.4) is 0 Å². The molecule has 0 bridgehead atoms. The summed E-state index contributed by atoms with van der Waals surface area (Å²) >= 11 is 0. The molecular weight excluding hydrogens is 202 g/mol. The Hall–Kier alpha value is -1.03. The van der Waals surface area contributed by atoms with Gasteiger partial charge in [-0.2, -0.15) is 0 Å². The zero-order chi connectivity index (χ0) is 12.0. The molecule has 4 heteroatoms. The standard InChI is InChI=1S/C12H23N3O/c1-10(2)9-15-7-5-13-12(15)14-6-8-16-11(3)4/h5,7,10-11H,6,8-9H2,1-4H3,(H,13,14). The molecule has 0 spiro atoms. The summed E-state index contributed by atoms with van der Waals surface area (Å²) in [5, 5.41) is 3.28. The molecule has 4 nitrogen and oxygen atoms in total. The van der Waals surface area contributed by atoms with Gasteiger partial charge in [0.1, 0.15) is 0 Å². The lowest BCUT2D eigenvalue weighted by atomic mass is 10.2. The van der Waals surface area contributed by atoms with Gasteiger partial charge in [-0.05, 0) is 19.8 Å². The third-order valence-electron chi connectivity index (χ3n) is 2.11. The Bertz CT molecular complexity index is 294. The van der Waals surface area contributed by atoms with Crippen LogP contribution in [0.2, 0.25) is 0 Å². The monoisotopic (exact) mass is 225 g/mol. The van der Waals surface area contributed by atoms with Crippen LogP contribution in [0.5, 0.6) is 0 Å². The van der Waals surface area contributed by atoms with Gasteiger partial charge in [-0.25, -0.2) is 4.98 Å². The molecule has 1 rings (SSSR count). The zero-order valence-corrected chi connectivity index (χ0v) is 10.7. The van der Waals surface area contributed by atoms with Gasteiger partial charge in [0, 0.05) is 25.5 Å². The topological polar surface area (TPSA) is 39.1 Å². The van der Waals surface area contributed by atoms with Gasteiger partial charge in [0.25, 0.3) is 0 Å². The predicted octanol–water partition coefficient (Wildman–Crippen LogP) is 2.38. The molecule has 1 heterocycles. The van der Waals surface area contributed by atoms with E-state index in [-0.39, 0.29) is 6.10 Å². The highest BCUT2D eigenvalue weighted by Gasteiger charge is 2.03. The molecule has 0 amide bonds. The van der Waals surface area contributed by atoms with E-state index in [0.29, 0.717) is 12.5 Å². The average molecular weight is 225 g/mol. The van der Waals surface area contributed by atoms with Crippen molar-refractivity contribution in [3.8, 4) is 0 Å². The number of hydrogen-bond donors (Lipinski definition) is 1. The van der Waals surface area contributed by atoms with E-state index in [4.69, 9.17) is 4.74 Å². The van der Waals surface area contributed by atoms with E-state index < -0.39 is 0 Å².